The highest BCUT2D eigenvalue weighted by Gasteiger charge is 2.35. The molecule has 0 amide bonds. The van der Waals surface area contributed by atoms with Gasteiger partial charge < -0.3 is 10.6 Å². The van der Waals surface area contributed by atoms with Crippen molar-refractivity contribution >= 4 is 27.7 Å². The molecule has 88 valence electrons. The van der Waals surface area contributed by atoms with Crippen molar-refractivity contribution in [2.45, 2.75) is 32.7 Å². The molecule has 2 unspecified atom stereocenters. The van der Waals surface area contributed by atoms with Crippen LogP contribution in [-0.2, 0) is 0 Å². The Morgan fingerprint density at radius 2 is 2.31 bits per heavy atom. The largest absolute Gasteiger partial charge is 0.366 e. The molecule has 16 heavy (non-hydrogen) atoms. The van der Waals surface area contributed by atoms with Gasteiger partial charge in [0.1, 0.15) is 5.82 Å². The normalized spacial score (nSPS) is 22.9. The maximum Gasteiger partial charge on any atom is 0.224 e. The Balaban J connectivity index is 2.04. The van der Waals surface area contributed by atoms with E-state index in [4.69, 9.17) is 0 Å². The lowest BCUT2D eigenvalue weighted by Gasteiger charge is -2.08. The van der Waals surface area contributed by atoms with Gasteiger partial charge >= 0.3 is 0 Å². The van der Waals surface area contributed by atoms with E-state index < -0.39 is 0 Å². The van der Waals surface area contributed by atoms with Gasteiger partial charge in [-0.15, -0.1) is 0 Å². The number of anilines is 2. The van der Waals surface area contributed by atoms with Gasteiger partial charge in [-0.3, -0.25) is 0 Å². The van der Waals surface area contributed by atoms with Crippen LogP contribution in [0.3, 0.4) is 0 Å². The summed E-state index contributed by atoms with van der Waals surface area (Å²) >= 11 is 3.46. The van der Waals surface area contributed by atoms with Gasteiger partial charge in [0, 0.05) is 18.8 Å². The molecule has 0 aromatic carbocycles. The molecule has 1 aliphatic rings. The third-order valence-electron chi connectivity index (χ3n) is 2.85. The summed E-state index contributed by atoms with van der Waals surface area (Å²) in [5.74, 6) is 2.39. The minimum atomic E-state index is 0.589. The summed E-state index contributed by atoms with van der Waals surface area (Å²) in [4.78, 5) is 8.62. The molecule has 2 N–H and O–H groups in total. The van der Waals surface area contributed by atoms with Crippen LogP contribution in [0.15, 0.2) is 10.7 Å². The van der Waals surface area contributed by atoms with Crippen molar-refractivity contribution < 1.29 is 0 Å². The van der Waals surface area contributed by atoms with E-state index >= 15 is 0 Å². The molecule has 1 heterocycles. The van der Waals surface area contributed by atoms with Gasteiger partial charge in [-0.1, -0.05) is 13.3 Å². The first-order valence-corrected chi connectivity index (χ1v) is 6.56. The van der Waals surface area contributed by atoms with Crippen LogP contribution in [0.5, 0.6) is 0 Å². The van der Waals surface area contributed by atoms with Crippen LogP contribution in [0.1, 0.15) is 26.7 Å². The summed E-state index contributed by atoms with van der Waals surface area (Å²) in [6.45, 7) is 5.10. The van der Waals surface area contributed by atoms with Gasteiger partial charge in [0.25, 0.3) is 0 Å². The second-order valence-corrected chi connectivity index (χ2v) is 4.93. The molecule has 1 saturated carbocycles. The lowest BCUT2D eigenvalue weighted by atomic mass is 10.3. The topological polar surface area (TPSA) is 49.8 Å². The monoisotopic (exact) mass is 284 g/mol. The molecule has 0 bridgehead atoms. The average molecular weight is 285 g/mol. The van der Waals surface area contributed by atoms with E-state index in [0.29, 0.717) is 12.0 Å². The Hall–Kier alpha value is -0.840. The molecule has 1 aromatic rings. The molecule has 5 heteroatoms. The molecular formula is C11H17BrN4. The Bertz CT molecular complexity index is 369. The molecule has 0 spiro atoms. The van der Waals surface area contributed by atoms with E-state index in [1.807, 2.05) is 6.92 Å². The van der Waals surface area contributed by atoms with Crippen molar-refractivity contribution in [2.75, 3.05) is 17.2 Å². The van der Waals surface area contributed by atoms with E-state index in [0.717, 1.165) is 22.8 Å². The lowest BCUT2D eigenvalue weighted by molar-refractivity contribution is 0.773. The fourth-order valence-corrected chi connectivity index (χ4v) is 2.07. The van der Waals surface area contributed by atoms with Gasteiger partial charge in [0.15, 0.2) is 0 Å². The highest BCUT2D eigenvalue weighted by atomic mass is 79.9. The summed E-state index contributed by atoms with van der Waals surface area (Å²) in [5, 5.41) is 6.56. The van der Waals surface area contributed by atoms with Gasteiger partial charge in [0.2, 0.25) is 5.95 Å². The first-order chi connectivity index (χ1) is 7.74. The minimum absolute atomic E-state index is 0.589. The van der Waals surface area contributed by atoms with Crippen molar-refractivity contribution in [3.63, 3.8) is 0 Å². The van der Waals surface area contributed by atoms with Gasteiger partial charge in [-0.25, -0.2) is 4.98 Å². The second kappa shape index (κ2) is 4.99. The quantitative estimate of drug-likeness (QED) is 0.873. The number of hydrogen-bond donors (Lipinski definition) is 2. The standard InChI is InChI=1S/C11H17BrN4/c1-3-7-5-9(7)15-10-8(12)6-14-11(16-10)13-4-2/h6-7,9H,3-5H2,1-2H3,(H2,13,14,15,16). The molecule has 2 rings (SSSR count). The molecular weight excluding hydrogens is 268 g/mol. The highest BCUT2D eigenvalue weighted by Crippen LogP contribution is 2.37. The number of aromatic nitrogens is 2. The van der Waals surface area contributed by atoms with Crippen LogP contribution in [-0.4, -0.2) is 22.6 Å². The predicted molar refractivity (Wildman–Crippen MR) is 69.7 cm³/mol. The first kappa shape index (κ1) is 11.6. The summed E-state index contributed by atoms with van der Waals surface area (Å²) in [7, 11) is 0. The van der Waals surface area contributed by atoms with Crippen LogP contribution in [0.25, 0.3) is 0 Å². The van der Waals surface area contributed by atoms with E-state index in [-0.39, 0.29) is 0 Å². The van der Waals surface area contributed by atoms with Crippen LogP contribution in [0.2, 0.25) is 0 Å². The zero-order valence-corrected chi connectivity index (χ0v) is 11.2. The molecule has 0 radical (unpaired) electrons. The number of halogens is 1. The number of nitrogens with one attached hydrogen (secondary N) is 2. The Kier molecular flexibility index (Phi) is 3.63. The average Bonchev–Trinajstić information content (AvgIpc) is 3.02. The smallest absolute Gasteiger partial charge is 0.224 e. The molecule has 1 fully saturated rings. The third-order valence-corrected chi connectivity index (χ3v) is 3.43. The molecule has 1 aromatic heterocycles. The highest BCUT2D eigenvalue weighted by molar-refractivity contribution is 9.10. The fraction of sp³-hybridized carbons (Fsp3) is 0.636. The lowest BCUT2D eigenvalue weighted by Crippen LogP contribution is -2.09. The van der Waals surface area contributed by atoms with Crippen molar-refractivity contribution in [1.29, 1.82) is 0 Å². The van der Waals surface area contributed by atoms with E-state index in [9.17, 15) is 0 Å². The minimum Gasteiger partial charge on any atom is -0.366 e. The van der Waals surface area contributed by atoms with Crippen molar-refractivity contribution in [3.8, 4) is 0 Å². The van der Waals surface area contributed by atoms with E-state index in [1.165, 1.54) is 12.8 Å². The van der Waals surface area contributed by atoms with Crippen LogP contribution >= 0.6 is 15.9 Å². The van der Waals surface area contributed by atoms with Crippen molar-refractivity contribution in [1.82, 2.24) is 9.97 Å². The van der Waals surface area contributed by atoms with Gasteiger partial charge in [0.05, 0.1) is 4.47 Å². The molecule has 4 nitrogen and oxygen atoms in total. The summed E-state index contributed by atoms with van der Waals surface area (Å²) in [5.41, 5.74) is 0. The maximum absolute atomic E-state index is 4.43. The number of nitrogens with zero attached hydrogens (tertiary/aromatic N) is 2. The predicted octanol–water partition coefficient (Wildman–Crippen LogP) is 2.88. The number of rotatable bonds is 5. The van der Waals surface area contributed by atoms with Crippen molar-refractivity contribution in [2.24, 2.45) is 5.92 Å². The van der Waals surface area contributed by atoms with Crippen LogP contribution in [0, 0.1) is 5.92 Å². The SMILES string of the molecule is CCNc1ncc(Br)c(NC2CC2CC)n1. The van der Waals surface area contributed by atoms with Crippen molar-refractivity contribution in [3.05, 3.63) is 10.7 Å². The molecule has 0 aliphatic heterocycles. The molecule has 2 atom stereocenters. The number of hydrogen-bond acceptors (Lipinski definition) is 4. The fourth-order valence-electron chi connectivity index (χ4n) is 1.76. The van der Waals surface area contributed by atoms with E-state index in [2.05, 4.69) is 43.5 Å². The maximum atomic E-state index is 4.43. The second-order valence-electron chi connectivity index (χ2n) is 4.08. The molecule has 0 saturated heterocycles. The Morgan fingerprint density at radius 1 is 1.50 bits per heavy atom. The first-order valence-electron chi connectivity index (χ1n) is 5.77. The molecule has 1 aliphatic carbocycles. The van der Waals surface area contributed by atoms with Gasteiger partial charge in [-0.05, 0) is 35.2 Å². The Morgan fingerprint density at radius 3 is 2.94 bits per heavy atom. The zero-order chi connectivity index (χ0) is 11.5. The van der Waals surface area contributed by atoms with Gasteiger partial charge in [-0.2, -0.15) is 4.98 Å². The van der Waals surface area contributed by atoms with E-state index in [1.54, 1.807) is 6.20 Å². The third kappa shape index (κ3) is 2.64. The Labute approximate surface area is 104 Å². The summed E-state index contributed by atoms with van der Waals surface area (Å²) in [6, 6.07) is 0.589. The summed E-state index contributed by atoms with van der Waals surface area (Å²) < 4.78 is 0.927. The zero-order valence-electron chi connectivity index (χ0n) is 9.63. The summed E-state index contributed by atoms with van der Waals surface area (Å²) in [6.07, 6.45) is 4.28. The van der Waals surface area contributed by atoms with Crippen LogP contribution in [0.4, 0.5) is 11.8 Å². The van der Waals surface area contributed by atoms with Crippen LogP contribution < -0.4 is 10.6 Å².